The van der Waals surface area contributed by atoms with Crippen LogP contribution in [0.3, 0.4) is 0 Å². The summed E-state index contributed by atoms with van der Waals surface area (Å²) in [5.41, 5.74) is 0.931. The number of likely N-dealkylation sites (N-methyl/N-ethyl adjacent to an activating group) is 1. The molecule has 1 amide bonds. The summed E-state index contributed by atoms with van der Waals surface area (Å²) in [6, 6.07) is 7.05. The second-order valence-electron chi connectivity index (χ2n) is 4.96. The van der Waals surface area contributed by atoms with Gasteiger partial charge in [-0.3, -0.25) is 4.79 Å². The van der Waals surface area contributed by atoms with Gasteiger partial charge in [-0.15, -0.1) is 0 Å². The zero-order chi connectivity index (χ0) is 15.9. The number of nitrogens with zero attached hydrogens (tertiary/aromatic N) is 3. The first-order valence-electron chi connectivity index (χ1n) is 6.83. The Bertz CT molecular complexity index is 630. The van der Waals surface area contributed by atoms with E-state index < -0.39 is 0 Å². The molecule has 0 unspecified atom stereocenters. The largest absolute Gasteiger partial charge is 0.353 e. The average molecular weight is 320 g/mol. The van der Waals surface area contributed by atoms with Gasteiger partial charge in [-0.05, 0) is 26.2 Å². The maximum absolute atomic E-state index is 12.1. The van der Waals surface area contributed by atoms with Gasteiger partial charge < -0.3 is 15.5 Å². The standard InChI is InChI=1S/C15H18ClN5O/c1-21(2)8-7-17-15-18-9-11(10-19-15)14(22)20-13-6-4-3-5-12(13)16/h3-6,9-10H,7-8H2,1-2H3,(H,20,22)(H,17,18,19). The number of amides is 1. The molecule has 7 heteroatoms. The van der Waals surface area contributed by atoms with Gasteiger partial charge in [0.1, 0.15) is 0 Å². The molecular weight excluding hydrogens is 302 g/mol. The highest BCUT2D eigenvalue weighted by Crippen LogP contribution is 2.20. The van der Waals surface area contributed by atoms with Crippen molar-refractivity contribution in [3.05, 3.63) is 47.2 Å². The monoisotopic (exact) mass is 319 g/mol. The summed E-state index contributed by atoms with van der Waals surface area (Å²) in [6.07, 6.45) is 2.97. The summed E-state index contributed by atoms with van der Waals surface area (Å²) in [5.74, 6) is 0.198. The lowest BCUT2D eigenvalue weighted by atomic mass is 10.3. The van der Waals surface area contributed by atoms with Crippen LogP contribution in [0.25, 0.3) is 0 Å². The minimum absolute atomic E-state index is 0.298. The van der Waals surface area contributed by atoms with Gasteiger partial charge in [0.2, 0.25) is 5.95 Å². The lowest BCUT2D eigenvalue weighted by molar-refractivity contribution is 0.102. The summed E-state index contributed by atoms with van der Waals surface area (Å²) in [7, 11) is 3.98. The van der Waals surface area contributed by atoms with Crippen LogP contribution in [0.15, 0.2) is 36.7 Å². The summed E-state index contributed by atoms with van der Waals surface area (Å²) in [4.78, 5) is 22.4. The molecule has 0 aliphatic rings. The molecule has 1 heterocycles. The summed E-state index contributed by atoms with van der Waals surface area (Å²) in [5, 5.41) is 6.30. The van der Waals surface area contributed by atoms with Crippen LogP contribution >= 0.6 is 11.6 Å². The Labute approximate surface area is 134 Å². The summed E-state index contributed by atoms with van der Waals surface area (Å²) in [6.45, 7) is 1.61. The minimum atomic E-state index is -0.298. The normalized spacial score (nSPS) is 10.5. The number of carbonyl (C=O) groups excluding carboxylic acids is 1. The number of aromatic nitrogens is 2. The molecule has 0 spiro atoms. The van der Waals surface area contributed by atoms with E-state index in [9.17, 15) is 4.79 Å². The van der Waals surface area contributed by atoms with Crippen LogP contribution in [0.2, 0.25) is 5.02 Å². The Kier molecular flexibility index (Phi) is 5.68. The minimum Gasteiger partial charge on any atom is -0.353 e. The van der Waals surface area contributed by atoms with Crippen molar-refractivity contribution in [1.82, 2.24) is 14.9 Å². The molecular formula is C15H18ClN5O. The van der Waals surface area contributed by atoms with Gasteiger partial charge >= 0.3 is 0 Å². The zero-order valence-corrected chi connectivity index (χ0v) is 13.3. The summed E-state index contributed by atoms with van der Waals surface area (Å²) < 4.78 is 0. The van der Waals surface area contributed by atoms with E-state index in [4.69, 9.17) is 11.6 Å². The van der Waals surface area contributed by atoms with E-state index in [-0.39, 0.29) is 5.91 Å². The van der Waals surface area contributed by atoms with Crippen LogP contribution < -0.4 is 10.6 Å². The molecule has 0 bridgehead atoms. The number of anilines is 2. The number of para-hydroxylation sites is 1. The van der Waals surface area contributed by atoms with E-state index in [0.717, 1.165) is 13.1 Å². The lowest BCUT2D eigenvalue weighted by Crippen LogP contribution is -2.21. The Balaban J connectivity index is 1.95. The molecule has 0 fully saturated rings. The summed E-state index contributed by atoms with van der Waals surface area (Å²) >= 11 is 6.00. The van der Waals surface area contributed by atoms with Crippen molar-refractivity contribution in [2.75, 3.05) is 37.8 Å². The molecule has 2 rings (SSSR count). The van der Waals surface area contributed by atoms with Crippen LogP contribution in [-0.2, 0) is 0 Å². The third kappa shape index (κ3) is 4.68. The first-order valence-corrected chi connectivity index (χ1v) is 7.20. The van der Waals surface area contributed by atoms with E-state index in [1.54, 1.807) is 24.3 Å². The number of nitrogens with one attached hydrogen (secondary N) is 2. The predicted octanol–water partition coefficient (Wildman–Crippen LogP) is 2.36. The highest BCUT2D eigenvalue weighted by Gasteiger charge is 2.09. The molecule has 1 aromatic heterocycles. The van der Waals surface area contributed by atoms with Gasteiger partial charge in [-0.2, -0.15) is 0 Å². The Hall–Kier alpha value is -2.18. The van der Waals surface area contributed by atoms with Gasteiger partial charge in [-0.1, -0.05) is 23.7 Å². The van der Waals surface area contributed by atoms with E-state index in [0.29, 0.717) is 22.2 Å². The molecule has 6 nitrogen and oxygen atoms in total. The molecule has 22 heavy (non-hydrogen) atoms. The third-order valence-electron chi connectivity index (χ3n) is 2.88. The number of hydrogen-bond acceptors (Lipinski definition) is 5. The Morgan fingerprint density at radius 2 is 1.91 bits per heavy atom. The van der Waals surface area contributed by atoms with Crippen LogP contribution in [0.5, 0.6) is 0 Å². The maximum atomic E-state index is 12.1. The second-order valence-corrected chi connectivity index (χ2v) is 5.37. The first-order chi connectivity index (χ1) is 10.6. The molecule has 0 aliphatic carbocycles. The zero-order valence-electron chi connectivity index (χ0n) is 12.5. The number of halogens is 1. The fraction of sp³-hybridized carbons (Fsp3) is 0.267. The fourth-order valence-corrected chi connectivity index (χ4v) is 1.87. The molecule has 116 valence electrons. The number of carbonyl (C=O) groups is 1. The highest BCUT2D eigenvalue weighted by molar-refractivity contribution is 6.33. The molecule has 0 aliphatic heterocycles. The van der Waals surface area contributed by atoms with Crippen molar-refractivity contribution in [2.24, 2.45) is 0 Å². The number of benzene rings is 1. The first kappa shape index (κ1) is 16.2. The van der Waals surface area contributed by atoms with E-state index >= 15 is 0 Å². The Morgan fingerprint density at radius 1 is 1.23 bits per heavy atom. The van der Waals surface area contributed by atoms with Crippen LogP contribution in [0.4, 0.5) is 11.6 Å². The molecule has 2 aromatic rings. The molecule has 0 atom stereocenters. The van der Waals surface area contributed by atoms with Crippen molar-refractivity contribution in [3.8, 4) is 0 Å². The molecule has 2 N–H and O–H groups in total. The lowest BCUT2D eigenvalue weighted by Gasteiger charge is -2.10. The highest BCUT2D eigenvalue weighted by atomic mass is 35.5. The van der Waals surface area contributed by atoms with Gasteiger partial charge in [0, 0.05) is 25.5 Å². The Morgan fingerprint density at radius 3 is 2.55 bits per heavy atom. The molecule has 1 aromatic carbocycles. The molecule has 0 radical (unpaired) electrons. The van der Waals surface area contributed by atoms with E-state index in [1.807, 2.05) is 14.1 Å². The number of hydrogen-bond donors (Lipinski definition) is 2. The van der Waals surface area contributed by atoms with Gasteiger partial charge in [0.25, 0.3) is 5.91 Å². The van der Waals surface area contributed by atoms with Crippen LogP contribution in [0, 0.1) is 0 Å². The predicted molar refractivity (Wildman–Crippen MR) is 88.5 cm³/mol. The van der Waals surface area contributed by atoms with Crippen molar-refractivity contribution in [2.45, 2.75) is 0 Å². The molecule has 0 saturated heterocycles. The van der Waals surface area contributed by atoms with Crippen molar-refractivity contribution < 1.29 is 4.79 Å². The van der Waals surface area contributed by atoms with Gasteiger partial charge in [-0.25, -0.2) is 9.97 Å². The van der Waals surface area contributed by atoms with E-state index in [2.05, 4.69) is 25.5 Å². The maximum Gasteiger partial charge on any atom is 0.258 e. The van der Waals surface area contributed by atoms with Crippen LogP contribution in [0.1, 0.15) is 10.4 Å². The van der Waals surface area contributed by atoms with Crippen molar-refractivity contribution in [1.29, 1.82) is 0 Å². The quantitative estimate of drug-likeness (QED) is 0.855. The van der Waals surface area contributed by atoms with Crippen LogP contribution in [-0.4, -0.2) is 48.0 Å². The molecule has 0 saturated carbocycles. The van der Waals surface area contributed by atoms with Crippen molar-refractivity contribution >= 4 is 29.1 Å². The van der Waals surface area contributed by atoms with Crippen molar-refractivity contribution in [3.63, 3.8) is 0 Å². The average Bonchev–Trinajstić information content (AvgIpc) is 2.50. The fourth-order valence-electron chi connectivity index (χ4n) is 1.68. The second kappa shape index (κ2) is 7.72. The topological polar surface area (TPSA) is 70.2 Å². The number of rotatable bonds is 6. The SMILES string of the molecule is CN(C)CCNc1ncc(C(=O)Nc2ccccc2Cl)cn1. The smallest absolute Gasteiger partial charge is 0.258 e. The third-order valence-corrected chi connectivity index (χ3v) is 3.21. The van der Waals surface area contributed by atoms with Gasteiger partial charge in [0.05, 0.1) is 16.3 Å². The van der Waals surface area contributed by atoms with Gasteiger partial charge in [0.15, 0.2) is 0 Å². The van der Waals surface area contributed by atoms with E-state index in [1.165, 1.54) is 12.4 Å².